The predicted molar refractivity (Wildman–Crippen MR) is 62.8 cm³/mol. The molecule has 0 aliphatic carbocycles. The molecular formula is C10H6ClN3O4. The number of nitrogens with zero attached hydrogens (tertiary/aromatic N) is 1. The number of nitro groups is 1. The highest BCUT2D eigenvalue weighted by atomic mass is 35.5. The molecule has 1 aromatic carbocycles. The van der Waals surface area contributed by atoms with Crippen molar-refractivity contribution in [3.63, 3.8) is 0 Å². The van der Waals surface area contributed by atoms with Crippen LogP contribution in [0.5, 0.6) is 0 Å². The first kappa shape index (κ1) is 12.1. The lowest BCUT2D eigenvalue weighted by molar-refractivity contribution is -0.384. The zero-order valence-electron chi connectivity index (χ0n) is 8.77. The Morgan fingerprint density at radius 3 is 2.56 bits per heavy atom. The summed E-state index contributed by atoms with van der Waals surface area (Å²) in [6.07, 6.45) is 1.32. The minimum atomic E-state index is -0.630. The van der Waals surface area contributed by atoms with Crippen molar-refractivity contribution >= 4 is 35.3 Å². The normalized spacial score (nSPS) is 16.6. The van der Waals surface area contributed by atoms with Crippen LogP contribution in [0.15, 0.2) is 23.9 Å². The molecule has 1 heterocycles. The lowest BCUT2D eigenvalue weighted by Crippen LogP contribution is -2.22. The molecule has 8 heteroatoms. The Kier molecular flexibility index (Phi) is 2.99. The maximum Gasteiger partial charge on any atom is 0.326 e. The second-order valence-electron chi connectivity index (χ2n) is 3.43. The molecule has 18 heavy (non-hydrogen) atoms. The molecule has 0 spiro atoms. The summed E-state index contributed by atoms with van der Waals surface area (Å²) in [5, 5.41) is 15.0. The summed E-state index contributed by atoms with van der Waals surface area (Å²) in [5.41, 5.74) is 0.144. The van der Waals surface area contributed by atoms with Gasteiger partial charge in [-0.05, 0) is 17.7 Å². The number of hydrogen-bond donors (Lipinski definition) is 2. The smallest absolute Gasteiger partial charge is 0.303 e. The zero-order chi connectivity index (χ0) is 13.3. The number of nitrogens with one attached hydrogen (secondary N) is 2. The van der Waals surface area contributed by atoms with Gasteiger partial charge in [0.25, 0.3) is 11.6 Å². The van der Waals surface area contributed by atoms with Crippen LogP contribution in [0, 0.1) is 10.1 Å². The summed E-state index contributed by atoms with van der Waals surface area (Å²) in [5.74, 6) is -0.586. The third kappa shape index (κ3) is 2.30. The van der Waals surface area contributed by atoms with Crippen LogP contribution in [-0.2, 0) is 4.79 Å². The molecule has 1 aliphatic heterocycles. The van der Waals surface area contributed by atoms with Crippen molar-refractivity contribution in [3.05, 3.63) is 44.6 Å². The average molecular weight is 268 g/mol. The second-order valence-corrected chi connectivity index (χ2v) is 3.84. The van der Waals surface area contributed by atoms with E-state index in [1.807, 2.05) is 5.32 Å². The summed E-state index contributed by atoms with van der Waals surface area (Å²) in [4.78, 5) is 32.2. The highest BCUT2D eigenvalue weighted by molar-refractivity contribution is 6.32. The van der Waals surface area contributed by atoms with Gasteiger partial charge in [0.05, 0.1) is 4.92 Å². The van der Waals surface area contributed by atoms with Crippen molar-refractivity contribution in [2.24, 2.45) is 0 Å². The summed E-state index contributed by atoms with van der Waals surface area (Å²) in [7, 11) is 0. The standard InChI is InChI=1S/C10H6ClN3O4/c11-6-2-1-5(4-8(6)14(17)18)3-7-9(15)13-10(16)12-7/h1-4H,(H2,12,13,15,16). The van der Waals surface area contributed by atoms with Gasteiger partial charge in [-0.25, -0.2) is 4.79 Å². The van der Waals surface area contributed by atoms with Crippen LogP contribution >= 0.6 is 11.6 Å². The number of rotatable bonds is 2. The number of halogens is 1. The zero-order valence-corrected chi connectivity index (χ0v) is 9.52. The molecule has 2 rings (SSSR count). The van der Waals surface area contributed by atoms with Gasteiger partial charge in [-0.15, -0.1) is 0 Å². The van der Waals surface area contributed by atoms with Gasteiger partial charge in [0, 0.05) is 6.07 Å². The number of benzene rings is 1. The molecule has 0 atom stereocenters. The van der Waals surface area contributed by atoms with Gasteiger partial charge in [-0.1, -0.05) is 17.7 Å². The molecule has 1 aliphatic rings. The highest BCUT2D eigenvalue weighted by Crippen LogP contribution is 2.26. The van der Waals surface area contributed by atoms with E-state index in [1.54, 1.807) is 0 Å². The van der Waals surface area contributed by atoms with E-state index < -0.39 is 16.9 Å². The topological polar surface area (TPSA) is 101 Å². The van der Waals surface area contributed by atoms with E-state index >= 15 is 0 Å². The maximum atomic E-state index is 11.3. The molecule has 0 aromatic heterocycles. The average Bonchev–Trinajstić information content (AvgIpc) is 2.60. The molecule has 1 aromatic rings. The van der Waals surface area contributed by atoms with Crippen molar-refractivity contribution < 1.29 is 14.5 Å². The van der Waals surface area contributed by atoms with Gasteiger partial charge in [-0.2, -0.15) is 0 Å². The maximum absolute atomic E-state index is 11.3. The Bertz CT molecular complexity index is 597. The number of urea groups is 1. The highest BCUT2D eigenvalue weighted by Gasteiger charge is 2.23. The lowest BCUT2D eigenvalue weighted by atomic mass is 10.1. The summed E-state index contributed by atoms with van der Waals surface area (Å²) in [6, 6.07) is 3.43. The molecule has 0 saturated carbocycles. The molecule has 0 unspecified atom stereocenters. The minimum Gasteiger partial charge on any atom is -0.303 e. The first-order chi connectivity index (χ1) is 8.47. The third-order valence-corrected chi connectivity index (χ3v) is 2.52. The third-order valence-electron chi connectivity index (χ3n) is 2.20. The van der Waals surface area contributed by atoms with Crippen LogP contribution < -0.4 is 10.6 Å². The molecule has 3 amide bonds. The van der Waals surface area contributed by atoms with Crippen molar-refractivity contribution in [2.75, 3.05) is 0 Å². The number of amides is 3. The monoisotopic (exact) mass is 267 g/mol. The first-order valence-electron chi connectivity index (χ1n) is 4.75. The van der Waals surface area contributed by atoms with E-state index in [0.29, 0.717) is 5.56 Å². The van der Waals surface area contributed by atoms with Gasteiger partial charge < -0.3 is 5.32 Å². The molecule has 7 nitrogen and oxygen atoms in total. The van der Waals surface area contributed by atoms with E-state index in [4.69, 9.17) is 11.6 Å². The van der Waals surface area contributed by atoms with Gasteiger partial charge in [0.1, 0.15) is 10.7 Å². The molecular weight excluding hydrogens is 262 g/mol. The van der Waals surface area contributed by atoms with Crippen molar-refractivity contribution in [2.45, 2.75) is 0 Å². The van der Waals surface area contributed by atoms with Gasteiger partial charge in [0.15, 0.2) is 0 Å². The summed E-state index contributed by atoms with van der Waals surface area (Å²) in [6.45, 7) is 0. The Balaban J connectivity index is 2.38. The van der Waals surface area contributed by atoms with Crippen LogP contribution in [0.3, 0.4) is 0 Å². The predicted octanol–water partition coefficient (Wildman–Crippen LogP) is 1.43. The van der Waals surface area contributed by atoms with Gasteiger partial charge >= 0.3 is 6.03 Å². The van der Waals surface area contributed by atoms with E-state index in [2.05, 4.69) is 5.32 Å². The van der Waals surface area contributed by atoms with Crippen LogP contribution in [0.4, 0.5) is 10.5 Å². The second kappa shape index (κ2) is 4.46. The Hall–Kier alpha value is -2.41. The molecule has 1 fully saturated rings. The molecule has 0 radical (unpaired) electrons. The van der Waals surface area contributed by atoms with Crippen molar-refractivity contribution in [1.29, 1.82) is 0 Å². The quantitative estimate of drug-likeness (QED) is 0.366. The molecule has 1 saturated heterocycles. The number of nitro benzene ring substituents is 1. The summed E-state index contributed by atoms with van der Waals surface area (Å²) < 4.78 is 0. The van der Waals surface area contributed by atoms with Crippen molar-refractivity contribution in [3.8, 4) is 0 Å². The van der Waals surface area contributed by atoms with E-state index in [0.717, 1.165) is 0 Å². The van der Waals surface area contributed by atoms with Gasteiger partial charge in [0.2, 0.25) is 0 Å². The molecule has 2 N–H and O–H groups in total. The Morgan fingerprint density at radius 2 is 2.00 bits per heavy atom. The van der Waals surface area contributed by atoms with Gasteiger partial charge in [-0.3, -0.25) is 20.2 Å². The minimum absolute atomic E-state index is 0.00191. The lowest BCUT2D eigenvalue weighted by Gasteiger charge is -1.98. The number of carbonyl (C=O) groups excluding carboxylic acids is 2. The SMILES string of the molecule is O=C1NC(=O)C(=Cc2ccc(Cl)c([N+](=O)[O-])c2)N1. The molecule has 0 bridgehead atoms. The Labute approximate surface area is 106 Å². The fraction of sp³-hybridized carbons (Fsp3) is 0. The van der Waals surface area contributed by atoms with Crippen LogP contribution in [0.2, 0.25) is 5.02 Å². The van der Waals surface area contributed by atoms with E-state index in [-0.39, 0.29) is 16.4 Å². The number of hydrogen-bond acceptors (Lipinski definition) is 4. The molecule has 92 valence electrons. The van der Waals surface area contributed by atoms with Crippen LogP contribution in [0.25, 0.3) is 6.08 Å². The first-order valence-corrected chi connectivity index (χ1v) is 5.13. The summed E-state index contributed by atoms with van der Waals surface area (Å²) >= 11 is 5.65. The fourth-order valence-electron chi connectivity index (χ4n) is 1.41. The van der Waals surface area contributed by atoms with Crippen molar-refractivity contribution in [1.82, 2.24) is 10.6 Å². The fourth-order valence-corrected chi connectivity index (χ4v) is 1.60. The van der Waals surface area contributed by atoms with E-state index in [9.17, 15) is 19.7 Å². The largest absolute Gasteiger partial charge is 0.326 e. The van der Waals surface area contributed by atoms with E-state index in [1.165, 1.54) is 24.3 Å². The van der Waals surface area contributed by atoms with Crippen LogP contribution in [0.1, 0.15) is 5.56 Å². The van der Waals surface area contributed by atoms with Crippen LogP contribution in [-0.4, -0.2) is 16.9 Å². The Morgan fingerprint density at radius 1 is 1.28 bits per heavy atom. The number of imide groups is 1. The number of carbonyl (C=O) groups is 2.